The fourth-order valence-corrected chi connectivity index (χ4v) is 6.38. The summed E-state index contributed by atoms with van der Waals surface area (Å²) < 4.78 is 48.4. The van der Waals surface area contributed by atoms with Crippen molar-refractivity contribution in [2.24, 2.45) is 0 Å². The first kappa shape index (κ1) is 34.2. The van der Waals surface area contributed by atoms with Crippen LogP contribution in [0.2, 0.25) is 0 Å². The van der Waals surface area contributed by atoms with Crippen LogP contribution in [-0.4, -0.2) is 51.4 Å². The van der Waals surface area contributed by atoms with Gasteiger partial charge in [-0.2, -0.15) is 0 Å². The Labute approximate surface area is 270 Å². The molecule has 0 aliphatic carbocycles. The molecule has 2 amide bonds. The standard InChI is InChI=1S/C36H40FN3O5S/c1-4-5-23-38-36(42)34(24-28-9-7-6-8-10-28)39(25-29-13-15-30(37)16-14-29)35(41)26-40(31-17-19-32(45-3)20-18-31)46(43,44)33-21-11-27(2)12-22-33/h6-22,34H,4-5,23-26H2,1-3H3,(H,38,42)/t34-/m1/s1. The summed E-state index contributed by atoms with van der Waals surface area (Å²) in [6.45, 7) is 3.67. The summed E-state index contributed by atoms with van der Waals surface area (Å²) in [6, 6.07) is 26.8. The average Bonchev–Trinajstić information content (AvgIpc) is 3.06. The van der Waals surface area contributed by atoms with Gasteiger partial charge in [-0.15, -0.1) is 0 Å². The largest absolute Gasteiger partial charge is 0.497 e. The lowest BCUT2D eigenvalue weighted by Gasteiger charge is -2.34. The van der Waals surface area contributed by atoms with Gasteiger partial charge in [0.1, 0.15) is 24.2 Å². The van der Waals surface area contributed by atoms with E-state index in [1.807, 2.05) is 44.2 Å². The second-order valence-electron chi connectivity index (χ2n) is 11.0. The quantitative estimate of drug-likeness (QED) is 0.163. The molecule has 10 heteroatoms. The number of methoxy groups -OCH3 is 1. The summed E-state index contributed by atoms with van der Waals surface area (Å²) >= 11 is 0. The molecule has 0 heterocycles. The number of aryl methyl sites for hydroxylation is 1. The number of carbonyl (C=O) groups is 2. The Morgan fingerprint density at radius 1 is 0.870 bits per heavy atom. The highest BCUT2D eigenvalue weighted by Gasteiger charge is 2.34. The Morgan fingerprint density at radius 3 is 2.13 bits per heavy atom. The minimum Gasteiger partial charge on any atom is -0.497 e. The number of nitrogens with zero attached hydrogens (tertiary/aromatic N) is 2. The van der Waals surface area contributed by atoms with Crippen LogP contribution < -0.4 is 14.4 Å². The van der Waals surface area contributed by atoms with E-state index in [9.17, 15) is 22.4 Å². The summed E-state index contributed by atoms with van der Waals surface area (Å²) in [5.74, 6) is -0.866. The van der Waals surface area contributed by atoms with Gasteiger partial charge in [0, 0.05) is 19.5 Å². The van der Waals surface area contributed by atoms with E-state index in [2.05, 4.69) is 5.32 Å². The number of amides is 2. The zero-order valence-electron chi connectivity index (χ0n) is 26.4. The maximum Gasteiger partial charge on any atom is 0.264 e. The number of sulfonamides is 1. The molecule has 8 nitrogen and oxygen atoms in total. The first-order valence-electron chi connectivity index (χ1n) is 15.2. The molecule has 0 saturated heterocycles. The molecule has 0 spiro atoms. The van der Waals surface area contributed by atoms with Gasteiger partial charge < -0.3 is 15.0 Å². The number of rotatable bonds is 15. The molecular weight excluding hydrogens is 605 g/mol. The molecule has 0 aliphatic rings. The number of hydrogen-bond acceptors (Lipinski definition) is 5. The zero-order chi connectivity index (χ0) is 33.1. The van der Waals surface area contributed by atoms with Crippen molar-refractivity contribution in [3.63, 3.8) is 0 Å². The number of hydrogen-bond donors (Lipinski definition) is 1. The molecule has 0 saturated carbocycles. The summed E-state index contributed by atoms with van der Waals surface area (Å²) in [4.78, 5) is 29.6. The second kappa shape index (κ2) is 16.0. The maximum atomic E-state index is 14.5. The highest BCUT2D eigenvalue weighted by atomic mass is 32.2. The minimum absolute atomic E-state index is 0.0185. The van der Waals surface area contributed by atoms with Crippen LogP contribution in [0.15, 0.2) is 108 Å². The molecule has 0 radical (unpaired) electrons. The summed E-state index contributed by atoms with van der Waals surface area (Å²) in [5, 5.41) is 2.95. The zero-order valence-corrected chi connectivity index (χ0v) is 27.2. The molecule has 0 aliphatic heterocycles. The fraction of sp³-hybridized carbons (Fsp3) is 0.278. The van der Waals surface area contributed by atoms with Crippen LogP contribution >= 0.6 is 0 Å². The van der Waals surface area contributed by atoms with Gasteiger partial charge in [0.05, 0.1) is 17.7 Å². The predicted octanol–water partition coefficient (Wildman–Crippen LogP) is 5.89. The highest BCUT2D eigenvalue weighted by molar-refractivity contribution is 7.92. The van der Waals surface area contributed by atoms with Gasteiger partial charge in [0.25, 0.3) is 10.0 Å². The number of nitrogens with one attached hydrogen (secondary N) is 1. The van der Waals surface area contributed by atoms with Gasteiger partial charge in [-0.1, -0.05) is 73.5 Å². The first-order valence-corrected chi connectivity index (χ1v) is 16.7. The monoisotopic (exact) mass is 645 g/mol. The van der Waals surface area contributed by atoms with Crippen molar-refractivity contribution in [2.45, 2.75) is 50.6 Å². The highest BCUT2D eigenvalue weighted by Crippen LogP contribution is 2.27. The van der Waals surface area contributed by atoms with Gasteiger partial charge in [0.15, 0.2) is 0 Å². The van der Waals surface area contributed by atoms with Crippen molar-refractivity contribution in [3.05, 3.63) is 126 Å². The Balaban J connectivity index is 1.78. The normalized spacial score (nSPS) is 11.8. The number of unbranched alkanes of at least 4 members (excludes halogenated alkanes) is 1. The molecule has 1 N–H and O–H groups in total. The van der Waals surface area contributed by atoms with E-state index in [1.165, 1.54) is 36.3 Å². The Hall–Kier alpha value is -4.70. The summed E-state index contributed by atoms with van der Waals surface area (Å²) in [5.41, 5.74) is 2.55. The molecule has 242 valence electrons. The smallest absolute Gasteiger partial charge is 0.264 e. The van der Waals surface area contributed by atoms with E-state index in [0.29, 0.717) is 17.9 Å². The van der Waals surface area contributed by atoms with Crippen molar-refractivity contribution in [2.75, 3.05) is 24.5 Å². The van der Waals surface area contributed by atoms with Crippen molar-refractivity contribution in [1.29, 1.82) is 0 Å². The summed E-state index contributed by atoms with van der Waals surface area (Å²) in [6.07, 6.45) is 1.82. The van der Waals surface area contributed by atoms with Gasteiger partial charge in [-0.25, -0.2) is 12.8 Å². The third kappa shape index (κ3) is 8.94. The van der Waals surface area contributed by atoms with E-state index in [4.69, 9.17) is 4.74 Å². The molecule has 0 fully saturated rings. The molecule has 4 aromatic rings. The van der Waals surface area contributed by atoms with Crippen LogP contribution in [0.5, 0.6) is 5.75 Å². The molecule has 4 aromatic carbocycles. The number of benzene rings is 4. The number of halogens is 1. The van der Waals surface area contributed by atoms with Crippen LogP contribution in [0.4, 0.5) is 10.1 Å². The Kier molecular flexibility index (Phi) is 11.9. The Morgan fingerprint density at radius 2 is 1.52 bits per heavy atom. The van der Waals surface area contributed by atoms with Crippen LogP contribution in [-0.2, 0) is 32.6 Å². The molecule has 1 atom stereocenters. The van der Waals surface area contributed by atoms with Crippen molar-refractivity contribution >= 4 is 27.5 Å². The molecule has 0 unspecified atom stereocenters. The predicted molar refractivity (Wildman–Crippen MR) is 178 cm³/mol. The molecule has 0 aromatic heterocycles. The Bertz CT molecular complexity index is 1680. The van der Waals surface area contributed by atoms with Gasteiger partial charge in [-0.05, 0) is 73.0 Å². The van der Waals surface area contributed by atoms with Gasteiger partial charge in [-0.3, -0.25) is 13.9 Å². The molecule has 0 bridgehead atoms. The third-order valence-electron chi connectivity index (χ3n) is 7.62. The minimum atomic E-state index is -4.23. The van der Waals surface area contributed by atoms with Crippen molar-refractivity contribution in [1.82, 2.24) is 10.2 Å². The lowest BCUT2D eigenvalue weighted by molar-refractivity contribution is -0.140. The average molecular weight is 646 g/mol. The lowest BCUT2D eigenvalue weighted by atomic mass is 10.0. The van der Waals surface area contributed by atoms with Crippen molar-refractivity contribution in [3.8, 4) is 5.75 Å². The van der Waals surface area contributed by atoms with E-state index < -0.39 is 34.3 Å². The fourth-order valence-electron chi connectivity index (χ4n) is 4.96. The number of ether oxygens (including phenoxy) is 1. The maximum absolute atomic E-state index is 14.5. The van der Waals surface area contributed by atoms with Crippen LogP contribution in [0.3, 0.4) is 0 Å². The first-order chi connectivity index (χ1) is 22.1. The van der Waals surface area contributed by atoms with E-state index >= 15 is 0 Å². The van der Waals surface area contributed by atoms with E-state index in [-0.39, 0.29) is 29.5 Å². The van der Waals surface area contributed by atoms with E-state index in [0.717, 1.165) is 28.3 Å². The van der Waals surface area contributed by atoms with Crippen molar-refractivity contribution < 1.29 is 27.1 Å². The molecular formula is C36H40FN3O5S. The molecule has 46 heavy (non-hydrogen) atoms. The van der Waals surface area contributed by atoms with Crippen LogP contribution in [0, 0.1) is 12.7 Å². The number of carbonyl (C=O) groups excluding carboxylic acids is 2. The van der Waals surface area contributed by atoms with Crippen LogP contribution in [0.25, 0.3) is 0 Å². The van der Waals surface area contributed by atoms with Crippen LogP contribution in [0.1, 0.15) is 36.5 Å². The third-order valence-corrected chi connectivity index (χ3v) is 9.40. The molecule has 4 rings (SSSR count). The second-order valence-corrected chi connectivity index (χ2v) is 12.9. The SMILES string of the molecule is CCCCNC(=O)[C@@H](Cc1ccccc1)N(Cc1ccc(F)cc1)C(=O)CN(c1ccc(OC)cc1)S(=O)(=O)c1ccc(C)cc1. The topological polar surface area (TPSA) is 96.0 Å². The van der Waals surface area contributed by atoms with E-state index in [1.54, 1.807) is 48.5 Å². The number of anilines is 1. The summed E-state index contributed by atoms with van der Waals surface area (Å²) in [7, 11) is -2.72. The van der Waals surface area contributed by atoms with Gasteiger partial charge in [0.2, 0.25) is 11.8 Å². The lowest BCUT2D eigenvalue weighted by Crippen LogP contribution is -2.53. The van der Waals surface area contributed by atoms with Gasteiger partial charge >= 0.3 is 0 Å².